The Bertz CT molecular complexity index is 584. The minimum Gasteiger partial charge on any atom is -0.403 e. The van der Waals surface area contributed by atoms with Gasteiger partial charge in [0.1, 0.15) is 0 Å². The lowest BCUT2D eigenvalue weighted by atomic mass is 9.77. The van der Waals surface area contributed by atoms with Crippen molar-refractivity contribution in [1.82, 2.24) is 0 Å². The minimum atomic E-state index is -0.294. The molecule has 0 atom stereocenters. The Morgan fingerprint density at radius 1 is 0.615 bits per heavy atom. The second-order valence-electron chi connectivity index (χ2n) is 9.60. The fourth-order valence-electron chi connectivity index (χ4n) is 3.37. The lowest BCUT2D eigenvalue weighted by Gasteiger charge is -2.32. The average molecular weight is 358 g/mol. The van der Waals surface area contributed by atoms with Gasteiger partial charge in [0.25, 0.3) is 0 Å². The summed E-state index contributed by atoms with van der Waals surface area (Å²) in [5, 5.41) is 0. The first-order valence-corrected chi connectivity index (χ1v) is 9.60. The van der Waals surface area contributed by atoms with E-state index in [4.69, 9.17) is 18.6 Å². The summed E-state index contributed by atoms with van der Waals surface area (Å²) in [5.41, 5.74) is 1.24. The molecule has 2 heterocycles. The molecule has 0 bridgehead atoms. The third-order valence-electron chi connectivity index (χ3n) is 6.40. The van der Waals surface area contributed by atoms with Crippen molar-refractivity contribution in [1.29, 1.82) is 0 Å². The number of benzene rings is 1. The Balaban J connectivity index is 1.65. The smallest absolute Gasteiger partial charge is 0.403 e. The van der Waals surface area contributed by atoms with E-state index < -0.39 is 0 Å². The van der Waals surface area contributed by atoms with Crippen LogP contribution in [0, 0.1) is 0 Å². The topological polar surface area (TPSA) is 36.9 Å². The van der Waals surface area contributed by atoms with Crippen LogP contribution in [0.25, 0.3) is 0 Å². The third-order valence-corrected chi connectivity index (χ3v) is 6.40. The van der Waals surface area contributed by atoms with E-state index >= 15 is 0 Å². The van der Waals surface area contributed by atoms with Gasteiger partial charge in [0.2, 0.25) is 0 Å². The van der Waals surface area contributed by atoms with Gasteiger partial charge in [0.15, 0.2) is 0 Å². The maximum atomic E-state index is 6.12. The second kappa shape index (κ2) is 6.37. The largest absolute Gasteiger partial charge is 0.462 e. The molecule has 2 aliphatic rings. The van der Waals surface area contributed by atoms with Crippen LogP contribution in [-0.4, -0.2) is 36.6 Å². The van der Waals surface area contributed by atoms with Crippen molar-refractivity contribution in [3.05, 3.63) is 35.4 Å². The Hall–Kier alpha value is -0.810. The molecule has 6 heteroatoms. The van der Waals surface area contributed by atoms with Gasteiger partial charge in [-0.05, 0) is 66.5 Å². The minimum absolute atomic E-state index is 0.216. The van der Waals surface area contributed by atoms with Gasteiger partial charge in [0, 0.05) is 12.6 Å². The summed E-state index contributed by atoms with van der Waals surface area (Å²) in [6.45, 7) is 16.7. The van der Waals surface area contributed by atoms with E-state index in [9.17, 15) is 0 Å². The van der Waals surface area contributed by atoms with Crippen molar-refractivity contribution in [2.45, 2.75) is 90.4 Å². The van der Waals surface area contributed by atoms with Crippen molar-refractivity contribution >= 4 is 14.2 Å². The van der Waals surface area contributed by atoms with E-state index in [1.807, 2.05) is 0 Å². The van der Waals surface area contributed by atoms with Gasteiger partial charge in [-0.1, -0.05) is 24.3 Å². The summed E-state index contributed by atoms with van der Waals surface area (Å²) in [4.78, 5) is 0. The highest BCUT2D eigenvalue weighted by atomic mass is 16.7. The molecular formula is C20H32B2O4. The fraction of sp³-hybridized carbons (Fsp3) is 0.700. The molecule has 0 aliphatic carbocycles. The summed E-state index contributed by atoms with van der Waals surface area (Å²) < 4.78 is 24.5. The number of rotatable bonds is 4. The zero-order chi connectivity index (χ0) is 19.4. The summed E-state index contributed by atoms with van der Waals surface area (Å²) >= 11 is 0. The van der Waals surface area contributed by atoms with Crippen LogP contribution < -0.4 is 0 Å². The highest BCUT2D eigenvalue weighted by molar-refractivity contribution is 6.45. The summed E-state index contributed by atoms with van der Waals surface area (Å²) in [5.74, 6) is 0. The van der Waals surface area contributed by atoms with Gasteiger partial charge in [0.05, 0.1) is 22.4 Å². The maximum Gasteiger partial charge on any atom is 0.462 e. The molecule has 0 N–H and O–H groups in total. The Kier molecular flexibility index (Phi) is 4.88. The van der Waals surface area contributed by atoms with Crippen LogP contribution >= 0.6 is 0 Å². The summed E-state index contributed by atoms with van der Waals surface area (Å²) in [6.07, 6.45) is 1.48. The summed E-state index contributed by atoms with van der Waals surface area (Å²) in [6, 6.07) is 8.54. The van der Waals surface area contributed by atoms with Gasteiger partial charge < -0.3 is 18.6 Å². The van der Waals surface area contributed by atoms with Crippen LogP contribution in [0.1, 0.15) is 66.5 Å². The molecule has 142 valence electrons. The predicted octanol–water partition coefficient (Wildman–Crippen LogP) is 4.03. The number of hydrogen-bond acceptors (Lipinski definition) is 4. The first kappa shape index (κ1) is 19.9. The van der Waals surface area contributed by atoms with Crippen molar-refractivity contribution < 1.29 is 18.6 Å². The molecule has 0 aromatic heterocycles. The maximum absolute atomic E-state index is 6.12. The van der Waals surface area contributed by atoms with Crippen LogP contribution in [0.2, 0.25) is 0 Å². The second-order valence-corrected chi connectivity index (χ2v) is 9.60. The van der Waals surface area contributed by atoms with E-state index in [-0.39, 0.29) is 36.6 Å². The molecule has 0 unspecified atom stereocenters. The van der Waals surface area contributed by atoms with E-state index in [2.05, 4.69) is 79.7 Å². The van der Waals surface area contributed by atoms with Crippen molar-refractivity contribution in [3.63, 3.8) is 0 Å². The molecule has 1 aromatic rings. The van der Waals surface area contributed by atoms with Crippen LogP contribution in [0.4, 0.5) is 0 Å². The van der Waals surface area contributed by atoms with Crippen molar-refractivity contribution in [2.24, 2.45) is 0 Å². The van der Waals surface area contributed by atoms with E-state index in [0.29, 0.717) is 0 Å². The molecule has 3 rings (SSSR count). The standard InChI is InChI=1S/C20H32B2O4/c1-17(2)18(3,4)24-21(23-17)13-15-10-9-11-16(12-15)14-22-25-19(5,6)20(7,8)26-22/h9-12H,13-14H2,1-8H3. The molecule has 2 aliphatic heterocycles. The van der Waals surface area contributed by atoms with E-state index in [0.717, 1.165) is 12.6 Å². The highest BCUT2D eigenvalue weighted by Crippen LogP contribution is 2.38. The molecule has 0 amide bonds. The Morgan fingerprint density at radius 2 is 0.923 bits per heavy atom. The predicted molar refractivity (Wildman–Crippen MR) is 106 cm³/mol. The Labute approximate surface area is 159 Å². The van der Waals surface area contributed by atoms with Crippen LogP contribution in [0.3, 0.4) is 0 Å². The van der Waals surface area contributed by atoms with Crippen molar-refractivity contribution in [3.8, 4) is 0 Å². The van der Waals surface area contributed by atoms with E-state index in [1.54, 1.807) is 0 Å². The highest BCUT2D eigenvalue weighted by Gasteiger charge is 2.51. The molecule has 2 fully saturated rings. The molecule has 0 spiro atoms. The lowest BCUT2D eigenvalue weighted by Crippen LogP contribution is -2.41. The average Bonchev–Trinajstić information content (AvgIpc) is 2.77. The van der Waals surface area contributed by atoms with Crippen LogP contribution in [0.15, 0.2) is 24.3 Å². The van der Waals surface area contributed by atoms with Gasteiger partial charge in [-0.15, -0.1) is 0 Å². The zero-order valence-corrected chi connectivity index (χ0v) is 17.5. The van der Waals surface area contributed by atoms with Gasteiger partial charge in [-0.2, -0.15) is 0 Å². The van der Waals surface area contributed by atoms with E-state index in [1.165, 1.54) is 11.1 Å². The molecule has 0 radical (unpaired) electrons. The quantitative estimate of drug-likeness (QED) is 0.762. The molecule has 26 heavy (non-hydrogen) atoms. The van der Waals surface area contributed by atoms with Crippen LogP contribution in [-0.2, 0) is 31.3 Å². The van der Waals surface area contributed by atoms with Gasteiger partial charge in [-0.3, -0.25) is 0 Å². The lowest BCUT2D eigenvalue weighted by molar-refractivity contribution is 0.00578. The molecule has 1 aromatic carbocycles. The molecule has 0 saturated carbocycles. The molecular weight excluding hydrogens is 326 g/mol. The van der Waals surface area contributed by atoms with Gasteiger partial charge in [-0.25, -0.2) is 0 Å². The monoisotopic (exact) mass is 358 g/mol. The summed E-state index contributed by atoms with van der Waals surface area (Å²) in [7, 11) is -0.431. The van der Waals surface area contributed by atoms with Gasteiger partial charge >= 0.3 is 14.2 Å². The Morgan fingerprint density at radius 3 is 1.23 bits per heavy atom. The zero-order valence-electron chi connectivity index (χ0n) is 17.5. The van der Waals surface area contributed by atoms with Crippen LogP contribution in [0.5, 0.6) is 0 Å². The first-order valence-electron chi connectivity index (χ1n) is 9.60. The fourth-order valence-corrected chi connectivity index (χ4v) is 3.37. The molecule has 4 nitrogen and oxygen atoms in total. The van der Waals surface area contributed by atoms with Crippen molar-refractivity contribution in [2.75, 3.05) is 0 Å². The normalized spacial score (nSPS) is 25.7. The number of hydrogen-bond donors (Lipinski definition) is 0. The SMILES string of the molecule is CC1(C)OB(Cc2cccc(CB3OC(C)(C)C(C)(C)O3)c2)OC1(C)C. The first-order chi connectivity index (χ1) is 11.8. The third kappa shape index (κ3) is 3.75. The molecule has 2 saturated heterocycles.